The molecule has 1 aromatic rings. The highest BCUT2D eigenvalue weighted by atomic mass is 35.5. The minimum Gasteiger partial charge on any atom is -0.391 e. The molecule has 4 nitrogen and oxygen atoms in total. The molecule has 16 heavy (non-hydrogen) atoms. The molecule has 1 heterocycles. The van der Waals surface area contributed by atoms with Gasteiger partial charge in [0, 0.05) is 12.6 Å². The second-order valence-electron chi connectivity index (χ2n) is 3.67. The maximum atomic E-state index is 9.31. The standard InChI is InChI=1S/C11H18ClN3O/c1-4-8(3)15(5-2)11-9(6-16)10(12)13-7-14-11/h7-8,16H,4-6H2,1-3H3. The summed E-state index contributed by atoms with van der Waals surface area (Å²) in [6.45, 7) is 7.00. The van der Waals surface area contributed by atoms with Crippen LogP contribution < -0.4 is 4.90 Å². The third kappa shape index (κ3) is 2.62. The lowest BCUT2D eigenvalue weighted by Crippen LogP contribution is -2.34. The van der Waals surface area contributed by atoms with Gasteiger partial charge < -0.3 is 10.0 Å². The van der Waals surface area contributed by atoms with Crippen LogP contribution in [0.5, 0.6) is 0 Å². The Morgan fingerprint density at radius 3 is 2.62 bits per heavy atom. The molecule has 0 saturated carbocycles. The second-order valence-corrected chi connectivity index (χ2v) is 4.03. The number of aliphatic hydroxyl groups is 1. The van der Waals surface area contributed by atoms with E-state index in [2.05, 4.69) is 35.6 Å². The molecule has 1 N–H and O–H groups in total. The Morgan fingerprint density at radius 2 is 2.12 bits per heavy atom. The third-order valence-electron chi connectivity index (χ3n) is 2.76. The van der Waals surface area contributed by atoms with Crippen LogP contribution in [0.15, 0.2) is 6.33 Å². The van der Waals surface area contributed by atoms with Crippen LogP contribution >= 0.6 is 11.6 Å². The number of hydrogen-bond donors (Lipinski definition) is 1. The zero-order valence-electron chi connectivity index (χ0n) is 9.94. The Balaban J connectivity index is 3.14. The van der Waals surface area contributed by atoms with Gasteiger partial charge in [-0.05, 0) is 20.3 Å². The SMILES string of the molecule is CCC(C)N(CC)c1ncnc(Cl)c1CO. The lowest BCUT2D eigenvalue weighted by Gasteiger charge is -2.29. The van der Waals surface area contributed by atoms with E-state index in [-0.39, 0.29) is 6.61 Å². The molecule has 0 saturated heterocycles. The lowest BCUT2D eigenvalue weighted by atomic mass is 10.2. The van der Waals surface area contributed by atoms with E-state index in [0.29, 0.717) is 16.8 Å². The zero-order chi connectivity index (χ0) is 12.1. The maximum absolute atomic E-state index is 9.31. The molecule has 0 bridgehead atoms. The first-order chi connectivity index (χ1) is 7.65. The van der Waals surface area contributed by atoms with E-state index in [4.69, 9.17) is 11.6 Å². The van der Waals surface area contributed by atoms with Crippen molar-refractivity contribution in [2.24, 2.45) is 0 Å². The summed E-state index contributed by atoms with van der Waals surface area (Å²) < 4.78 is 0. The van der Waals surface area contributed by atoms with E-state index >= 15 is 0 Å². The van der Waals surface area contributed by atoms with E-state index in [1.54, 1.807) is 0 Å². The molecule has 5 heteroatoms. The summed E-state index contributed by atoms with van der Waals surface area (Å²) in [5, 5.41) is 9.64. The quantitative estimate of drug-likeness (QED) is 0.806. The van der Waals surface area contributed by atoms with Crippen LogP contribution in [0.3, 0.4) is 0 Å². The van der Waals surface area contributed by atoms with Gasteiger partial charge in [-0.1, -0.05) is 18.5 Å². The summed E-state index contributed by atoms with van der Waals surface area (Å²) in [5.74, 6) is 0.736. The van der Waals surface area contributed by atoms with Crippen molar-refractivity contribution in [3.8, 4) is 0 Å². The molecule has 0 aromatic carbocycles. The molecule has 90 valence electrons. The molecule has 1 unspecified atom stereocenters. The van der Waals surface area contributed by atoms with Gasteiger partial charge in [-0.25, -0.2) is 9.97 Å². The van der Waals surface area contributed by atoms with Crippen molar-refractivity contribution < 1.29 is 5.11 Å². The van der Waals surface area contributed by atoms with Crippen molar-refractivity contribution in [3.63, 3.8) is 0 Å². The van der Waals surface area contributed by atoms with E-state index < -0.39 is 0 Å². The van der Waals surface area contributed by atoms with Gasteiger partial charge in [0.25, 0.3) is 0 Å². The van der Waals surface area contributed by atoms with E-state index in [1.807, 2.05) is 0 Å². The van der Waals surface area contributed by atoms with Crippen molar-refractivity contribution in [2.75, 3.05) is 11.4 Å². The summed E-state index contributed by atoms with van der Waals surface area (Å²) in [4.78, 5) is 10.2. The summed E-state index contributed by atoms with van der Waals surface area (Å²) in [6.07, 6.45) is 2.45. The lowest BCUT2D eigenvalue weighted by molar-refractivity contribution is 0.281. The van der Waals surface area contributed by atoms with Crippen LogP contribution in [0.4, 0.5) is 5.82 Å². The Labute approximate surface area is 101 Å². The van der Waals surface area contributed by atoms with Gasteiger partial charge in [-0.3, -0.25) is 0 Å². The van der Waals surface area contributed by atoms with Gasteiger partial charge >= 0.3 is 0 Å². The highest BCUT2D eigenvalue weighted by molar-refractivity contribution is 6.30. The minimum absolute atomic E-state index is 0.137. The van der Waals surface area contributed by atoms with Crippen molar-refractivity contribution in [1.29, 1.82) is 0 Å². The Bertz CT molecular complexity index is 346. The Morgan fingerprint density at radius 1 is 1.44 bits per heavy atom. The molecule has 1 rings (SSSR count). The molecular formula is C11H18ClN3O. The topological polar surface area (TPSA) is 49.2 Å². The van der Waals surface area contributed by atoms with Crippen molar-refractivity contribution in [2.45, 2.75) is 39.8 Å². The molecular weight excluding hydrogens is 226 g/mol. The van der Waals surface area contributed by atoms with Gasteiger partial charge in [0.1, 0.15) is 17.3 Å². The number of halogens is 1. The number of nitrogens with zero attached hydrogens (tertiary/aromatic N) is 3. The molecule has 0 fully saturated rings. The van der Waals surface area contributed by atoms with Gasteiger partial charge in [0.05, 0.1) is 12.2 Å². The first kappa shape index (κ1) is 13.2. The third-order valence-corrected chi connectivity index (χ3v) is 3.09. The van der Waals surface area contributed by atoms with Gasteiger partial charge in [0.2, 0.25) is 0 Å². The normalized spacial score (nSPS) is 12.6. The first-order valence-electron chi connectivity index (χ1n) is 5.52. The molecule has 1 aromatic heterocycles. The largest absolute Gasteiger partial charge is 0.391 e. The summed E-state index contributed by atoms with van der Waals surface area (Å²) in [7, 11) is 0. The molecule has 1 atom stereocenters. The smallest absolute Gasteiger partial charge is 0.140 e. The fourth-order valence-electron chi connectivity index (χ4n) is 1.66. The van der Waals surface area contributed by atoms with Gasteiger partial charge in [0.15, 0.2) is 0 Å². The van der Waals surface area contributed by atoms with Gasteiger partial charge in [-0.15, -0.1) is 0 Å². The van der Waals surface area contributed by atoms with Crippen LogP contribution in [-0.2, 0) is 6.61 Å². The van der Waals surface area contributed by atoms with E-state index in [1.165, 1.54) is 6.33 Å². The fourth-order valence-corrected chi connectivity index (χ4v) is 1.84. The maximum Gasteiger partial charge on any atom is 0.140 e. The monoisotopic (exact) mass is 243 g/mol. The predicted octanol–water partition coefficient (Wildman–Crippen LogP) is 2.25. The zero-order valence-corrected chi connectivity index (χ0v) is 10.7. The van der Waals surface area contributed by atoms with E-state index in [9.17, 15) is 5.11 Å². The molecule has 0 amide bonds. The van der Waals surface area contributed by atoms with Crippen LogP contribution in [0.2, 0.25) is 5.15 Å². The van der Waals surface area contributed by atoms with Crippen LogP contribution in [-0.4, -0.2) is 27.7 Å². The Kier molecular flexibility index (Phi) is 4.96. The molecule has 0 aliphatic carbocycles. The average Bonchev–Trinajstić information content (AvgIpc) is 2.30. The highest BCUT2D eigenvalue weighted by Crippen LogP contribution is 2.25. The van der Waals surface area contributed by atoms with Crippen molar-refractivity contribution >= 4 is 17.4 Å². The predicted molar refractivity (Wildman–Crippen MR) is 65.7 cm³/mol. The molecule has 0 aliphatic rings. The first-order valence-corrected chi connectivity index (χ1v) is 5.90. The summed E-state index contributed by atoms with van der Waals surface area (Å²) >= 11 is 5.94. The fraction of sp³-hybridized carbons (Fsp3) is 0.636. The number of rotatable bonds is 5. The van der Waals surface area contributed by atoms with E-state index in [0.717, 1.165) is 18.8 Å². The second kappa shape index (κ2) is 6.01. The minimum atomic E-state index is -0.137. The summed E-state index contributed by atoms with van der Waals surface area (Å²) in [6, 6.07) is 0.362. The van der Waals surface area contributed by atoms with Crippen LogP contribution in [0.1, 0.15) is 32.8 Å². The summed E-state index contributed by atoms with van der Waals surface area (Å²) in [5.41, 5.74) is 0.603. The molecule has 0 spiro atoms. The number of aromatic nitrogens is 2. The number of aliphatic hydroxyl groups excluding tert-OH is 1. The molecule has 0 aliphatic heterocycles. The van der Waals surface area contributed by atoms with Crippen molar-refractivity contribution in [3.05, 3.63) is 17.0 Å². The Hall–Kier alpha value is -0.870. The van der Waals surface area contributed by atoms with Gasteiger partial charge in [-0.2, -0.15) is 0 Å². The number of hydrogen-bond acceptors (Lipinski definition) is 4. The highest BCUT2D eigenvalue weighted by Gasteiger charge is 2.18. The van der Waals surface area contributed by atoms with Crippen molar-refractivity contribution in [1.82, 2.24) is 9.97 Å². The number of anilines is 1. The molecule has 0 radical (unpaired) electrons. The average molecular weight is 244 g/mol. The van der Waals surface area contributed by atoms with Crippen LogP contribution in [0, 0.1) is 0 Å². The van der Waals surface area contributed by atoms with Crippen LogP contribution in [0.25, 0.3) is 0 Å².